The zero-order chi connectivity index (χ0) is 15.7. The molecule has 110 valence electrons. The highest BCUT2D eigenvalue weighted by Crippen LogP contribution is 2.26. The number of aromatic carboxylic acids is 1. The van der Waals surface area contributed by atoms with Crippen LogP contribution in [0.5, 0.6) is 0 Å². The van der Waals surface area contributed by atoms with Crippen molar-refractivity contribution < 1.29 is 9.90 Å². The Balaban J connectivity index is 2.16. The fourth-order valence-corrected chi connectivity index (χ4v) is 2.27. The van der Waals surface area contributed by atoms with Crippen molar-refractivity contribution in [1.29, 1.82) is 0 Å². The first-order chi connectivity index (χ1) is 10.6. The summed E-state index contributed by atoms with van der Waals surface area (Å²) >= 11 is 0. The van der Waals surface area contributed by atoms with Gasteiger partial charge in [0, 0.05) is 5.69 Å². The number of rotatable bonds is 3. The van der Waals surface area contributed by atoms with E-state index in [2.05, 4.69) is 15.2 Å². The second kappa shape index (κ2) is 5.40. The molecule has 3 aromatic rings. The highest BCUT2D eigenvalue weighted by molar-refractivity contribution is 5.91. The Morgan fingerprint density at radius 3 is 2.64 bits per heavy atom. The summed E-state index contributed by atoms with van der Waals surface area (Å²) in [5.41, 5.74) is 3.00. The van der Waals surface area contributed by atoms with Crippen molar-refractivity contribution in [1.82, 2.24) is 9.38 Å². The van der Waals surface area contributed by atoms with Crippen LogP contribution in [-0.2, 0) is 0 Å². The minimum atomic E-state index is -1.12. The lowest BCUT2D eigenvalue weighted by molar-refractivity contribution is 0.0692. The lowest BCUT2D eigenvalue weighted by Crippen LogP contribution is -1.97. The second-order valence-electron chi connectivity index (χ2n) is 4.99. The zero-order valence-electron chi connectivity index (χ0n) is 12.2. The molecular weight excluding hydrogens is 280 g/mol. The van der Waals surface area contributed by atoms with Gasteiger partial charge < -0.3 is 5.11 Å². The molecule has 0 bridgehead atoms. The van der Waals surface area contributed by atoms with Crippen LogP contribution in [0.2, 0.25) is 0 Å². The molecule has 0 saturated carbocycles. The Morgan fingerprint density at radius 1 is 1.14 bits per heavy atom. The van der Waals surface area contributed by atoms with E-state index in [0.717, 1.165) is 11.3 Å². The number of carboxylic acid groups (broad SMARTS) is 1. The summed E-state index contributed by atoms with van der Waals surface area (Å²) in [7, 11) is 0. The number of hydrogen-bond donors (Lipinski definition) is 1. The molecule has 6 heteroatoms. The Morgan fingerprint density at radius 2 is 1.91 bits per heavy atom. The highest BCUT2D eigenvalue weighted by atomic mass is 16.4. The molecule has 22 heavy (non-hydrogen) atoms. The van der Waals surface area contributed by atoms with Crippen molar-refractivity contribution in [3.8, 4) is 0 Å². The predicted molar refractivity (Wildman–Crippen MR) is 82.2 cm³/mol. The topological polar surface area (TPSA) is 79.3 Å². The maximum absolute atomic E-state index is 11.4. The van der Waals surface area contributed by atoms with E-state index in [1.165, 1.54) is 0 Å². The minimum Gasteiger partial charge on any atom is -0.476 e. The van der Waals surface area contributed by atoms with Crippen LogP contribution in [0.15, 0.2) is 52.7 Å². The summed E-state index contributed by atoms with van der Waals surface area (Å²) in [5, 5.41) is 17.6. The molecule has 0 saturated heterocycles. The molecule has 6 nitrogen and oxygen atoms in total. The predicted octanol–water partition coefficient (Wildman–Crippen LogP) is 4.06. The Labute approximate surface area is 126 Å². The standard InChI is InChI=1S/C16H14N4O2/c1-10-5-3-7-12(9-10)18-19-15-14(16(21)22)17-13-8-4-6-11(2)20(13)15/h3-9H,1-2H3,(H,21,22). The monoisotopic (exact) mass is 294 g/mol. The molecule has 3 rings (SSSR count). The number of aromatic nitrogens is 2. The van der Waals surface area contributed by atoms with Gasteiger partial charge in [-0.05, 0) is 43.7 Å². The van der Waals surface area contributed by atoms with E-state index >= 15 is 0 Å². The maximum atomic E-state index is 11.4. The van der Waals surface area contributed by atoms with Crippen LogP contribution in [0.4, 0.5) is 11.5 Å². The number of carboxylic acids is 1. The third kappa shape index (κ3) is 2.46. The number of pyridine rings is 1. The van der Waals surface area contributed by atoms with E-state index < -0.39 is 5.97 Å². The summed E-state index contributed by atoms with van der Waals surface area (Å²) in [5.74, 6) is -0.900. The molecule has 2 aromatic heterocycles. The Kier molecular flexibility index (Phi) is 3.42. The number of aryl methyl sites for hydroxylation is 2. The highest BCUT2D eigenvalue weighted by Gasteiger charge is 2.19. The van der Waals surface area contributed by atoms with Gasteiger partial charge >= 0.3 is 5.97 Å². The number of benzene rings is 1. The number of carbonyl (C=O) groups is 1. The van der Waals surface area contributed by atoms with Crippen molar-refractivity contribution in [2.45, 2.75) is 13.8 Å². The molecule has 0 aliphatic carbocycles. The van der Waals surface area contributed by atoms with E-state index in [9.17, 15) is 9.90 Å². The number of imidazole rings is 1. The first-order valence-electron chi connectivity index (χ1n) is 6.76. The van der Waals surface area contributed by atoms with Crippen LogP contribution in [0.25, 0.3) is 5.65 Å². The zero-order valence-corrected chi connectivity index (χ0v) is 12.2. The number of azo groups is 1. The van der Waals surface area contributed by atoms with Gasteiger partial charge in [0.05, 0.1) is 5.69 Å². The van der Waals surface area contributed by atoms with Gasteiger partial charge in [-0.1, -0.05) is 18.2 Å². The van der Waals surface area contributed by atoms with Crippen molar-refractivity contribution in [3.05, 3.63) is 59.4 Å². The van der Waals surface area contributed by atoms with Gasteiger partial charge in [0.2, 0.25) is 0 Å². The molecule has 0 aliphatic rings. The van der Waals surface area contributed by atoms with E-state index in [1.54, 1.807) is 10.5 Å². The smallest absolute Gasteiger partial charge is 0.358 e. The number of fused-ring (bicyclic) bond motifs is 1. The van der Waals surface area contributed by atoms with Crippen molar-refractivity contribution in [2.75, 3.05) is 0 Å². The summed E-state index contributed by atoms with van der Waals surface area (Å²) in [4.78, 5) is 15.5. The molecule has 0 fully saturated rings. The third-order valence-corrected chi connectivity index (χ3v) is 3.28. The Bertz CT molecular complexity index is 896. The van der Waals surface area contributed by atoms with E-state index in [1.807, 2.05) is 50.2 Å². The first-order valence-corrected chi connectivity index (χ1v) is 6.76. The minimum absolute atomic E-state index is 0.106. The van der Waals surface area contributed by atoms with E-state index in [-0.39, 0.29) is 11.5 Å². The molecular formula is C16H14N4O2. The SMILES string of the molecule is Cc1cccc(N=Nc2c(C(=O)O)nc3cccc(C)n23)c1. The van der Waals surface area contributed by atoms with Gasteiger partial charge in [-0.2, -0.15) is 0 Å². The molecule has 1 N–H and O–H groups in total. The molecule has 0 radical (unpaired) electrons. The number of nitrogens with zero attached hydrogens (tertiary/aromatic N) is 4. The second-order valence-corrected chi connectivity index (χ2v) is 4.99. The van der Waals surface area contributed by atoms with Crippen LogP contribution >= 0.6 is 0 Å². The lowest BCUT2D eigenvalue weighted by Gasteiger charge is -2.01. The summed E-state index contributed by atoms with van der Waals surface area (Å²) in [6.45, 7) is 3.83. The average Bonchev–Trinajstić information content (AvgIpc) is 2.85. The third-order valence-electron chi connectivity index (χ3n) is 3.28. The number of hydrogen-bond acceptors (Lipinski definition) is 4. The molecule has 1 aromatic carbocycles. The van der Waals surface area contributed by atoms with Gasteiger partial charge in [0.1, 0.15) is 5.65 Å². The first kappa shape index (κ1) is 13.9. The fourth-order valence-electron chi connectivity index (χ4n) is 2.27. The molecule has 0 unspecified atom stereocenters. The molecule has 2 heterocycles. The molecule has 0 amide bonds. The summed E-state index contributed by atoms with van der Waals surface area (Å²) in [6, 6.07) is 13.0. The molecule has 0 atom stereocenters. The van der Waals surface area contributed by atoms with Gasteiger partial charge in [0.25, 0.3) is 0 Å². The van der Waals surface area contributed by atoms with Gasteiger partial charge in [-0.25, -0.2) is 9.78 Å². The van der Waals surface area contributed by atoms with Crippen molar-refractivity contribution >= 4 is 23.1 Å². The molecule has 0 aliphatic heterocycles. The quantitative estimate of drug-likeness (QED) is 0.739. The van der Waals surface area contributed by atoms with Gasteiger partial charge in [0.15, 0.2) is 11.5 Å². The average molecular weight is 294 g/mol. The largest absolute Gasteiger partial charge is 0.476 e. The summed E-state index contributed by atoms with van der Waals surface area (Å²) < 4.78 is 1.68. The van der Waals surface area contributed by atoms with Crippen molar-refractivity contribution in [2.24, 2.45) is 10.2 Å². The Hall–Kier alpha value is -3.02. The van der Waals surface area contributed by atoms with Crippen LogP contribution in [0.3, 0.4) is 0 Å². The van der Waals surface area contributed by atoms with Crippen LogP contribution in [0, 0.1) is 13.8 Å². The van der Waals surface area contributed by atoms with E-state index in [0.29, 0.717) is 11.3 Å². The normalized spacial score (nSPS) is 11.4. The van der Waals surface area contributed by atoms with Crippen LogP contribution in [-0.4, -0.2) is 20.5 Å². The van der Waals surface area contributed by atoms with Gasteiger partial charge in [-0.3, -0.25) is 4.40 Å². The summed E-state index contributed by atoms with van der Waals surface area (Å²) in [6.07, 6.45) is 0. The molecule has 0 spiro atoms. The lowest BCUT2D eigenvalue weighted by atomic mass is 10.2. The van der Waals surface area contributed by atoms with Crippen molar-refractivity contribution in [3.63, 3.8) is 0 Å². The van der Waals surface area contributed by atoms with Gasteiger partial charge in [-0.15, -0.1) is 10.2 Å². The fraction of sp³-hybridized carbons (Fsp3) is 0.125. The van der Waals surface area contributed by atoms with Crippen LogP contribution < -0.4 is 0 Å². The maximum Gasteiger partial charge on any atom is 0.358 e. The van der Waals surface area contributed by atoms with Crippen LogP contribution in [0.1, 0.15) is 21.7 Å². The van der Waals surface area contributed by atoms with E-state index in [4.69, 9.17) is 0 Å².